The van der Waals surface area contributed by atoms with E-state index in [2.05, 4.69) is 43.7 Å². The largest absolute Gasteiger partial charge is 0.394 e. The van der Waals surface area contributed by atoms with Gasteiger partial charge in [0.25, 0.3) is 35.4 Å². The second kappa shape index (κ2) is 79.4. The van der Waals surface area contributed by atoms with Crippen LogP contribution in [0.3, 0.4) is 0 Å². The van der Waals surface area contributed by atoms with E-state index >= 15 is 0 Å². The fourth-order valence-corrected chi connectivity index (χ4v) is 12.6. The average molecular weight is 2070 g/mol. The first-order chi connectivity index (χ1) is 67.5. The van der Waals surface area contributed by atoms with E-state index in [1.165, 1.54) is 66.0 Å². The van der Waals surface area contributed by atoms with Gasteiger partial charge in [-0.05, 0) is 115 Å². The number of methoxy groups -OCH3 is 5. The molecule has 0 saturated carbocycles. The number of carbonyl (C=O) groups is 18. The minimum atomic E-state index is -1.19. The molecular weight excluding hydrogens is 1930 g/mol. The number of hydrazine groups is 1. The Morgan fingerprint density at radius 3 is 1.10 bits per heavy atom. The fraction of sp³-hybridized carbons (Fsp3) is 0.697. The number of aliphatic hydroxyl groups excluding tert-OH is 7. The number of amides is 12. The Labute approximate surface area is 834 Å². The van der Waals surface area contributed by atoms with Crippen LogP contribution >= 0.6 is 24.4 Å². The Morgan fingerprint density at radius 1 is 0.472 bits per heavy atom. The van der Waals surface area contributed by atoms with E-state index < -0.39 is 207 Å². The number of thioether (sulfide) groups is 1. The van der Waals surface area contributed by atoms with Crippen molar-refractivity contribution in [3.8, 4) is 0 Å². The van der Waals surface area contributed by atoms with E-state index in [-0.39, 0.29) is 88.5 Å². The molecule has 5 rings (SSSR count). The number of aliphatic hydroxyl groups is 7. The van der Waals surface area contributed by atoms with Crippen LogP contribution in [0, 0.1) is 0 Å². The molecular formula is C89H145N11O40S2. The number of aldehydes is 6. The maximum Gasteiger partial charge on any atom is 0.260 e. The minimum Gasteiger partial charge on any atom is -0.394 e. The number of thiol groups is 1. The van der Waals surface area contributed by atoms with Crippen molar-refractivity contribution in [2.24, 2.45) is 20.8 Å². The lowest BCUT2D eigenvalue weighted by molar-refractivity contribution is -0.311. The molecule has 53 heteroatoms. The SMILES string of the molecule is CN[C@H](C=O)CS.COC(C=O)[C@@H](CO)O[C@H](C=NCNCCC(=O)N1C(=O)C=CC1=O)OC(C)C.COC(C=O)[C@@H](CO)O[C@H](C=O)OC(C)C.COC(C=O)[C@H](CO)O[C@@H](C=NCCCCC(=O)N1C(=O)C=CC1=O)OC(C)C.COC(C=O)[C@H](CO)O[C@@H](C=NCCCCC(=O)N1C(=O)CC(SC)C1=O)OC(C)C.COC1[C@@H](CO)O[C@@H](OC(C)C)[C@@H](O)[C@H]1O.NNCCCC(=O)N1C(=O)C=CC1=O. The van der Waals surface area contributed by atoms with Crippen molar-refractivity contribution in [3.63, 3.8) is 0 Å². The highest BCUT2D eigenvalue weighted by Crippen LogP contribution is 2.27. The van der Waals surface area contributed by atoms with Gasteiger partial charge < -0.3 is 136 Å². The van der Waals surface area contributed by atoms with Gasteiger partial charge in [-0.3, -0.25) is 93.9 Å². The third kappa shape index (κ3) is 53.3. The standard InChI is InChI=1S/C20H32N2O8S.C19H28N2O8.C18H27N3O8.C10H20O6.C10H18O6.C8H11N3O3.C4H9NOS/c1-13(2)29-19(30-15(12-24)14(11-23)28-3)10-21-8-6-5-7-17(25)22-18(26)9-16(31-4)20(22)27;1-13(2)28-19(29-15(12-23)14(11-22)27-3)10-20-9-5-4-6-16(24)21-17(25)7-8-18(21)26;1-12(2)28-18(29-14(10-23)13(9-22)27-3)8-20-11-19-7-6-17(26)21-15(24)4-5-16(21)25;1-5(2)15-10-8(13)7(12)9(14-3)6(4-11)16-10;1-7(2)15-10(6-13)16-9(5-12)8(4-11)14-3;9-10-5-1-2-6(12)11-7(13)3-4-8(11)14;1-5-4(2-6)3-7/h10-11,13-16,19,24H,5-9,12H2,1-4H3;7-8,10-11,13-15,19,23H,4-6,9,12H2,1-3H3;4-5,8-9,12-14,18-19,23H,6-7,10-11H2,1-3H3;5-13H,4H2,1-3H3;4,6-10,12H,5H2,1-3H3;3-4,10H,1-2,5,9H2;2,4-5,7H,3H2,1H3/t14?,15-,16?,19-;14?,15-,19-;13?,14-,18-;6-,7-,8+,9?,10-;8?,9-,10-;;4-/m00111.1/s1. The molecule has 2 saturated heterocycles. The van der Waals surface area contributed by atoms with Crippen molar-refractivity contribution in [2.75, 3.05) is 120 Å². The molecule has 12 amide bonds. The Balaban J connectivity index is 0. The third-order valence-corrected chi connectivity index (χ3v) is 20.1. The summed E-state index contributed by atoms with van der Waals surface area (Å²) in [6.45, 7) is 17.3. The summed E-state index contributed by atoms with van der Waals surface area (Å²) >= 11 is 5.15. The van der Waals surface area contributed by atoms with Crippen molar-refractivity contribution < 1.29 is 193 Å². The number of ether oxygens (including phenoxy) is 15. The first-order valence-corrected chi connectivity index (χ1v) is 46.9. The summed E-state index contributed by atoms with van der Waals surface area (Å²) < 4.78 is 78.8. The Morgan fingerprint density at radius 2 is 0.817 bits per heavy atom. The molecule has 0 spiro atoms. The average Bonchev–Trinajstić information content (AvgIpc) is 1.19. The number of nitrogens with zero attached hydrogens (tertiary/aromatic N) is 7. The van der Waals surface area contributed by atoms with Gasteiger partial charge >= 0.3 is 0 Å². The molecule has 19 atom stereocenters. The van der Waals surface area contributed by atoms with Gasteiger partial charge in [0.15, 0.2) is 56.6 Å². The summed E-state index contributed by atoms with van der Waals surface area (Å²) in [5, 5.41) is 71.0. The maximum absolute atomic E-state index is 12.2. The summed E-state index contributed by atoms with van der Waals surface area (Å²) in [5.41, 5.74) is 2.38. The quantitative estimate of drug-likeness (QED) is 0.00406. The van der Waals surface area contributed by atoms with Crippen LogP contribution in [0.25, 0.3) is 0 Å². The minimum absolute atomic E-state index is 0.0541. The molecule has 5 heterocycles. The summed E-state index contributed by atoms with van der Waals surface area (Å²) in [6.07, 6.45) is 1.57. The predicted molar refractivity (Wildman–Crippen MR) is 508 cm³/mol. The first-order valence-electron chi connectivity index (χ1n) is 45.0. The number of carbonyl (C=O) groups excluding carboxylic acids is 18. The second-order valence-electron chi connectivity index (χ2n) is 31.4. The molecule has 12 N–H and O–H groups in total. The van der Waals surface area contributed by atoms with Crippen LogP contribution in [0.4, 0.5) is 0 Å². The molecule has 2 fully saturated rings. The molecule has 0 aromatic rings. The van der Waals surface area contributed by atoms with Crippen LogP contribution in [0.5, 0.6) is 0 Å². The van der Waals surface area contributed by atoms with Gasteiger partial charge in [0.05, 0.1) is 100 Å². The molecule has 0 aliphatic carbocycles. The molecule has 5 aliphatic heterocycles. The molecule has 0 radical (unpaired) electrons. The van der Waals surface area contributed by atoms with E-state index in [1.807, 2.05) is 0 Å². The zero-order valence-corrected chi connectivity index (χ0v) is 84.7. The molecule has 0 aromatic carbocycles. The van der Waals surface area contributed by atoms with Crippen LogP contribution < -0.4 is 21.9 Å². The van der Waals surface area contributed by atoms with E-state index in [9.17, 15) is 112 Å². The number of unbranched alkanes of at least 4 members (excludes halogenated alkanes) is 2. The van der Waals surface area contributed by atoms with Crippen molar-refractivity contribution in [2.45, 2.75) is 280 Å². The number of aliphatic imine (C=N–C) groups is 3. The first kappa shape index (κ1) is 135. The predicted octanol–water partition coefficient (Wildman–Crippen LogP) is -3.83. The molecule has 0 aromatic heterocycles. The smallest absolute Gasteiger partial charge is 0.260 e. The van der Waals surface area contributed by atoms with Gasteiger partial charge in [-0.1, -0.05) is 0 Å². The van der Waals surface area contributed by atoms with Crippen LogP contribution in [-0.2, 0) is 157 Å². The van der Waals surface area contributed by atoms with E-state index in [4.69, 9.17) is 87.1 Å². The van der Waals surface area contributed by atoms with E-state index in [0.29, 0.717) is 104 Å². The highest BCUT2D eigenvalue weighted by molar-refractivity contribution is 8.00. The molecule has 51 nitrogen and oxygen atoms in total. The summed E-state index contributed by atoms with van der Waals surface area (Å²) in [7, 11) is 8.42. The number of rotatable bonds is 63. The monoisotopic (exact) mass is 2070 g/mol. The molecule has 6 unspecified atom stereocenters. The maximum atomic E-state index is 12.2. The van der Waals surface area contributed by atoms with Gasteiger partial charge in [0, 0.05) is 136 Å². The lowest BCUT2D eigenvalue weighted by atomic mass is 9.99. The van der Waals surface area contributed by atoms with Crippen LogP contribution in [0.1, 0.15) is 133 Å². The zero-order chi connectivity index (χ0) is 108. The van der Waals surface area contributed by atoms with E-state index in [0.717, 1.165) is 47.6 Å². The van der Waals surface area contributed by atoms with Crippen molar-refractivity contribution >= 4 is 152 Å². The van der Waals surface area contributed by atoms with Crippen molar-refractivity contribution in [3.05, 3.63) is 36.5 Å². The number of likely N-dealkylation sites (N-methyl/N-ethyl adjacent to an activating group) is 1. The van der Waals surface area contributed by atoms with Gasteiger partial charge in [0.1, 0.15) is 79.5 Å². The second-order valence-corrected chi connectivity index (χ2v) is 32.8. The normalized spacial score (nSPS) is 20.0. The highest BCUT2D eigenvalue weighted by atomic mass is 32.2. The van der Waals surface area contributed by atoms with Gasteiger partial charge in [-0.2, -0.15) is 24.4 Å². The summed E-state index contributed by atoms with van der Waals surface area (Å²) in [5.74, 6) is -1.08. The van der Waals surface area contributed by atoms with Crippen molar-refractivity contribution in [1.29, 1.82) is 0 Å². The third-order valence-electron chi connectivity index (χ3n) is 18.8. The number of hydrogen-bond acceptors (Lipinski definition) is 49. The molecule has 142 heavy (non-hydrogen) atoms. The number of hydrogen-bond donors (Lipinski definition) is 12. The number of imide groups is 12. The Bertz CT molecular complexity index is 3790. The van der Waals surface area contributed by atoms with Gasteiger partial charge in [-0.15, -0.1) is 0 Å². The number of likely N-dealkylation sites (tertiary alicyclic amines) is 1. The zero-order valence-electron chi connectivity index (χ0n) is 83.0. The summed E-state index contributed by atoms with van der Waals surface area (Å²) in [4.78, 5) is 218. The van der Waals surface area contributed by atoms with E-state index in [1.54, 1.807) is 82.5 Å². The molecule has 5 aliphatic rings. The number of nitrogens with two attached hydrogens (primary N) is 1. The molecule has 808 valence electrons. The lowest BCUT2D eigenvalue weighted by Gasteiger charge is -2.41. The Kier molecular flexibility index (Phi) is 75.6. The lowest BCUT2D eigenvalue weighted by Crippen LogP contribution is -2.60. The highest BCUT2D eigenvalue weighted by Gasteiger charge is 2.46. The Hall–Kier alpha value is -8.85. The van der Waals surface area contributed by atoms with Crippen LogP contribution in [0.2, 0.25) is 0 Å². The molecule has 0 bridgehead atoms. The van der Waals surface area contributed by atoms with Crippen LogP contribution in [-0.4, -0.2) is 450 Å². The van der Waals surface area contributed by atoms with Gasteiger partial charge in [-0.25, -0.2) is 19.6 Å². The van der Waals surface area contributed by atoms with Crippen LogP contribution in [0.15, 0.2) is 51.4 Å². The van der Waals surface area contributed by atoms with Gasteiger partial charge in [0.2, 0.25) is 41.7 Å². The topological polar surface area (TPSA) is 699 Å². The number of nitrogens with one attached hydrogen (secondary N) is 3. The fourth-order valence-electron chi connectivity index (χ4n) is 11.7. The summed E-state index contributed by atoms with van der Waals surface area (Å²) in [6, 6.07) is -0.0802. The van der Waals surface area contributed by atoms with Crippen molar-refractivity contribution in [1.82, 2.24) is 35.7 Å².